The Bertz CT molecular complexity index is 351. The van der Waals surface area contributed by atoms with Crippen LogP contribution in [0, 0.1) is 0 Å². The van der Waals surface area contributed by atoms with Crippen LogP contribution in [-0.4, -0.2) is 34.3 Å². The molecule has 1 heterocycles. The van der Waals surface area contributed by atoms with Crippen molar-refractivity contribution in [3.63, 3.8) is 0 Å². The van der Waals surface area contributed by atoms with Crippen LogP contribution in [0.3, 0.4) is 0 Å². The van der Waals surface area contributed by atoms with E-state index in [4.69, 9.17) is 0 Å². The van der Waals surface area contributed by atoms with Gasteiger partial charge in [-0.25, -0.2) is 0 Å². The van der Waals surface area contributed by atoms with Crippen molar-refractivity contribution in [1.29, 1.82) is 0 Å². The first-order valence-corrected chi connectivity index (χ1v) is 7.16. The first-order chi connectivity index (χ1) is 8.53. The van der Waals surface area contributed by atoms with Gasteiger partial charge in [0.2, 0.25) is 11.8 Å². The molecule has 1 saturated carbocycles. The van der Waals surface area contributed by atoms with Crippen molar-refractivity contribution >= 4 is 11.8 Å². The van der Waals surface area contributed by atoms with Crippen molar-refractivity contribution in [1.82, 2.24) is 10.2 Å². The summed E-state index contributed by atoms with van der Waals surface area (Å²) in [5.41, 5.74) is -0.697. The largest absolute Gasteiger partial charge is 0.340 e. The molecule has 0 atom stereocenters. The Morgan fingerprint density at radius 1 is 1.11 bits per heavy atom. The SMILES string of the molecule is CCC1(CC)NC(=O)CN(C2(CC)CCC2)C1=O. The van der Waals surface area contributed by atoms with Gasteiger partial charge in [-0.1, -0.05) is 20.8 Å². The van der Waals surface area contributed by atoms with Crippen molar-refractivity contribution < 1.29 is 9.59 Å². The van der Waals surface area contributed by atoms with Gasteiger partial charge in [0.25, 0.3) is 0 Å². The third-order valence-corrected chi connectivity index (χ3v) is 5.06. The average molecular weight is 252 g/mol. The van der Waals surface area contributed by atoms with E-state index in [1.54, 1.807) is 0 Å². The minimum absolute atomic E-state index is 0.00183. The molecule has 18 heavy (non-hydrogen) atoms. The third kappa shape index (κ3) is 1.73. The summed E-state index contributed by atoms with van der Waals surface area (Å²) in [6.45, 7) is 6.32. The van der Waals surface area contributed by atoms with Gasteiger partial charge in [0.1, 0.15) is 12.1 Å². The van der Waals surface area contributed by atoms with Gasteiger partial charge in [-0.3, -0.25) is 9.59 Å². The number of amides is 2. The number of carbonyl (C=O) groups is 2. The van der Waals surface area contributed by atoms with E-state index < -0.39 is 5.54 Å². The van der Waals surface area contributed by atoms with E-state index in [1.165, 1.54) is 6.42 Å². The van der Waals surface area contributed by atoms with Gasteiger partial charge in [-0.15, -0.1) is 0 Å². The zero-order valence-corrected chi connectivity index (χ0v) is 11.7. The Morgan fingerprint density at radius 2 is 1.72 bits per heavy atom. The molecule has 1 aliphatic heterocycles. The molecular formula is C14H24N2O2. The summed E-state index contributed by atoms with van der Waals surface area (Å²) >= 11 is 0. The Morgan fingerprint density at radius 3 is 2.11 bits per heavy atom. The molecule has 0 bridgehead atoms. The van der Waals surface area contributed by atoms with E-state index in [9.17, 15) is 9.59 Å². The predicted octanol–water partition coefficient (Wildman–Crippen LogP) is 1.84. The molecule has 0 aromatic heterocycles. The molecule has 0 aromatic carbocycles. The van der Waals surface area contributed by atoms with Crippen molar-refractivity contribution in [3.8, 4) is 0 Å². The lowest BCUT2D eigenvalue weighted by Gasteiger charge is -2.54. The quantitative estimate of drug-likeness (QED) is 0.830. The standard InChI is InChI=1S/C14H24N2O2/c1-4-13(8-7-9-13)16-10-11(17)15-14(5-2,6-3)12(16)18/h4-10H2,1-3H3,(H,15,17). The van der Waals surface area contributed by atoms with Crippen LogP contribution in [0.4, 0.5) is 0 Å². The van der Waals surface area contributed by atoms with Gasteiger partial charge in [-0.2, -0.15) is 0 Å². The molecule has 0 radical (unpaired) electrons. The summed E-state index contributed by atoms with van der Waals surface area (Å²) < 4.78 is 0. The topological polar surface area (TPSA) is 49.4 Å². The molecule has 4 heteroatoms. The lowest BCUT2D eigenvalue weighted by molar-refractivity contribution is -0.161. The van der Waals surface area contributed by atoms with E-state index in [2.05, 4.69) is 12.2 Å². The molecule has 2 amide bonds. The number of nitrogens with one attached hydrogen (secondary N) is 1. The minimum Gasteiger partial charge on any atom is -0.340 e. The zero-order chi connectivity index (χ0) is 13.4. The van der Waals surface area contributed by atoms with E-state index in [0.717, 1.165) is 19.3 Å². The number of nitrogens with zero attached hydrogens (tertiary/aromatic N) is 1. The molecular weight excluding hydrogens is 228 g/mol. The molecule has 102 valence electrons. The van der Waals surface area contributed by atoms with Crippen molar-refractivity contribution in [2.24, 2.45) is 0 Å². The second-order valence-corrected chi connectivity index (χ2v) is 5.66. The second-order valence-electron chi connectivity index (χ2n) is 5.66. The molecule has 0 unspecified atom stereocenters. The van der Waals surface area contributed by atoms with Gasteiger partial charge in [0.05, 0.1) is 0 Å². The maximum Gasteiger partial charge on any atom is 0.249 e. The summed E-state index contributed by atoms with van der Waals surface area (Å²) in [4.78, 5) is 26.6. The van der Waals surface area contributed by atoms with E-state index >= 15 is 0 Å². The summed E-state index contributed by atoms with van der Waals surface area (Å²) in [7, 11) is 0. The third-order valence-electron chi connectivity index (χ3n) is 5.06. The summed E-state index contributed by atoms with van der Waals surface area (Å²) in [5.74, 6) is 0.131. The van der Waals surface area contributed by atoms with Gasteiger partial charge in [0, 0.05) is 5.54 Å². The Balaban J connectivity index is 2.31. The van der Waals surface area contributed by atoms with Crippen molar-refractivity contribution in [3.05, 3.63) is 0 Å². The van der Waals surface area contributed by atoms with E-state index in [0.29, 0.717) is 12.8 Å². The van der Waals surface area contributed by atoms with Gasteiger partial charge < -0.3 is 10.2 Å². The predicted molar refractivity (Wildman–Crippen MR) is 70.0 cm³/mol. The molecule has 1 N–H and O–H groups in total. The van der Waals surface area contributed by atoms with Crippen LogP contribution in [0.2, 0.25) is 0 Å². The van der Waals surface area contributed by atoms with Crippen molar-refractivity contribution in [2.45, 2.75) is 70.4 Å². The van der Waals surface area contributed by atoms with Crippen LogP contribution >= 0.6 is 0 Å². The van der Waals surface area contributed by atoms with Crippen molar-refractivity contribution in [2.75, 3.05) is 6.54 Å². The van der Waals surface area contributed by atoms with Gasteiger partial charge in [0.15, 0.2) is 0 Å². The van der Waals surface area contributed by atoms with Crippen LogP contribution in [0.5, 0.6) is 0 Å². The average Bonchev–Trinajstić information content (AvgIpc) is 2.32. The lowest BCUT2D eigenvalue weighted by Crippen LogP contribution is -2.72. The molecule has 1 aliphatic carbocycles. The van der Waals surface area contributed by atoms with Crippen LogP contribution in [-0.2, 0) is 9.59 Å². The molecule has 2 rings (SSSR count). The lowest BCUT2D eigenvalue weighted by atomic mass is 9.71. The highest BCUT2D eigenvalue weighted by Crippen LogP contribution is 2.42. The van der Waals surface area contributed by atoms with Crippen LogP contribution in [0.25, 0.3) is 0 Å². The summed E-state index contributed by atoms with van der Waals surface area (Å²) in [5, 5.41) is 2.92. The van der Waals surface area contributed by atoms with Gasteiger partial charge in [-0.05, 0) is 38.5 Å². The number of piperazine rings is 1. The van der Waals surface area contributed by atoms with E-state index in [1.807, 2.05) is 18.7 Å². The summed E-state index contributed by atoms with van der Waals surface area (Å²) in [6, 6.07) is 0. The second kappa shape index (κ2) is 4.56. The fourth-order valence-electron chi connectivity index (χ4n) is 3.35. The summed E-state index contributed by atoms with van der Waals surface area (Å²) in [6.07, 6.45) is 5.56. The Labute approximate surface area is 109 Å². The molecule has 2 aliphatic rings. The number of hydrogen-bond acceptors (Lipinski definition) is 2. The normalized spacial score (nSPS) is 25.6. The molecule has 0 aromatic rings. The number of carbonyl (C=O) groups excluding carboxylic acids is 2. The highest BCUT2D eigenvalue weighted by molar-refractivity contribution is 5.98. The molecule has 0 spiro atoms. The number of rotatable bonds is 4. The minimum atomic E-state index is -0.660. The Kier molecular flexibility index (Phi) is 3.39. The monoisotopic (exact) mass is 252 g/mol. The van der Waals surface area contributed by atoms with Gasteiger partial charge >= 0.3 is 0 Å². The fourth-order valence-corrected chi connectivity index (χ4v) is 3.35. The first-order valence-electron chi connectivity index (χ1n) is 7.16. The maximum atomic E-state index is 12.8. The highest BCUT2D eigenvalue weighted by atomic mass is 16.2. The smallest absolute Gasteiger partial charge is 0.249 e. The maximum absolute atomic E-state index is 12.8. The van der Waals surface area contributed by atoms with Crippen LogP contribution in [0.15, 0.2) is 0 Å². The molecule has 4 nitrogen and oxygen atoms in total. The first kappa shape index (κ1) is 13.4. The molecule has 2 fully saturated rings. The van der Waals surface area contributed by atoms with E-state index in [-0.39, 0.29) is 23.9 Å². The van der Waals surface area contributed by atoms with Crippen LogP contribution < -0.4 is 5.32 Å². The molecule has 1 saturated heterocycles. The highest BCUT2D eigenvalue weighted by Gasteiger charge is 2.52. The fraction of sp³-hybridized carbons (Fsp3) is 0.857. The zero-order valence-electron chi connectivity index (χ0n) is 11.7. The Hall–Kier alpha value is -1.06. The van der Waals surface area contributed by atoms with Crippen LogP contribution in [0.1, 0.15) is 59.3 Å². The number of hydrogen-bond donors (Lipinski definition) is 1.